The summed E-state index contributed by atoms with van der Waals surface area (Å²) in [5.41, 5.74) is 0.469. The number of carbonyl (C=O) groups excluding carboxylic acids is 1. The maximum absolute atomic E-state index is 14.1. The Morgan fingerprint density at radius 3 is 2.78 bits per heavy atom. The second-order valence-corrected chi connectivity index (χ2v) is 9.15. The minimum Gasteiger partial charge on any atom is -0.451 e. The van der Waals surface area contributed by atoms with Crippen LogP contribution in [0.3, 0.4) is 0 Å². The molecule has 1 aromatic heterocycles. The van der Waals surface area contributed by atoms with E-state index in [0.29, 0.717) is 17.0 Å². The van der Waals surface area contributed by atoms with Crippen molar-refractivity contribution in [3.8, 4) is 11.5 Å². The summed E-state index contributed by atoms with van der Waals surface area (Å²) < 4.78 is 20.2. The van der Waals surface area contributed by atoms with Crippen molar-refractivity contribution in [3.05, 3.63) is 42.1 Å². The average Bonchev–Trinajstić information content (AvgIpc) is 3.42. The molecular formula is C24H31FN4O3. The predicted octanol–water partition coefficient (Wildman–Crippen LogP) is 4.02. The first-order valence-electron chi connectivity index (χ1n) is 11.4. The van der Waals surface area contributed by atoms with Crippen LogP contribution < -0.4 is 9.64 Å². The maximum atomic E-state index is 14.1. The van der Waals surface area contributed by atoms with Crippen molar-refractivity contribution in [2.75, 3.05) is 31.1 Å². The van der Waals surface area contributed by atoms with Crippen molar-refractivity contribution >= 4 is 11.7 Å². The molecule has 0 atom stereocenters. The lowest BCUT2D eigenvalue weighted by Gasteiger charge is -2.27. The Kier molecular flexibility index (Phi) is 6.60. The van der Waals surface area contributed by atoms with E-state index in [1.807, 2.05) is 13.8 Å². The minimum absolute atomic E-state index is 0.107. The number of halogens is 1. The smallest absolute Gasteiger partial charge is 0.258 e. The average molecular weight is 443 g/mol. The molecule has 2 heterocycles. The molecule has 0 radical (unpaired) electrons. The minimum atomic E-state index is -0.527. The molecule has 1 aliphatic heterocycles. The van der Waals surface area contributed by atoms with E-state index in [2.05, 4.69) is 14.9 Å². The van der Waals surface area contributed by atoms with E-state index in [-0.39, 0.29) is 30.5 Å². The zero-order valence-electron chi connectivity index (χ0n) is 18.8. The summed E-state index contributed by atoms with van der Waals surface area (Å²) in [6, 6.07) is 3.75. The predicted molar refractivity (Wildman–Crippen MR) is 119 cm³/mol. The van der Waals surface area contributed by atoms with Gasteiger partial charge in [-0.15, -0.1) is 0 Å². The summed E-state index contributed by atoms with van der Waals surface area (Å²) in [5, 5.41) is 9.36. The van der Waals surface area contributed by atoms with Crippen molar-refractivity contribution in [1.82, 2.24) is 14.9 Å². The van der Waals surface area contributed by atoms with Gasteiger partial charge in [0.25, 0.3) is 5.91 Å². The molecule has 1 saturated heterocycles. The van der Waals surface area contributed by atoms with E-state index < -0.39 is 11.7 Å². The zero-order valence-corrected chi connectivity index (χ0v) is 18.8. The number of hydrogen-bond acceptors (Lipinski definition) is 6. The van der Waals surface area contributed by atoms with Crippen LogP contribution in [0.1, 0.15) is 56.3 Å². The number of amides is 1. The number of carbonyl (C=O) groups is 1. The molecular weight excluding hydrogens is 411 g/mol. The van der Waals surface area contributed by atoms with Crippen molar-refractivity contribution in [1.29, 1.82) is 0 Å². The number of benzene rings is 1. The molecule has 32 heavy (non-hydrogen) atoms. The highest BCUT2D eigenvalue weighted by atomic mass is 19.1. The monoisotopic (exact) mass is 442 g/mol. The van der Waals surface area contributed by atoms with Crippen LogP contribution in [0.4, 0.5) is 10.2 Å². The van der Waals surface area contributed by atoms with Gasteiger partial charge < -0.3 is 19.6 Å². The lowest BCUT2D eigenvalue weighted by Crippen LogP contribution is -2.39. The summed E-state index contributed by atoms with van der Waals surface area (Å²) in [7, 11) is 0. The normalized spacial score (nSPS) is 17.3. The van der Waals surface area contributed by atoms with Crippen LogP contribution in [0.2, 0.25) is 0 Å². The van der Waals surface area contributed by atoms with Crippen LogP contribution >= 0.6 is 0 Å². The molecule has 1 aliphatic carbocycles. The Morgan fingerprint density at radius 2 is 2.06 bits per heavy atom. The molecule has 1 amide bonds. The second kappa shape index (κ2) is 9.40. The van der Waals surface area contributed by atoms with Gasteiger partial charge in [-0.2, -0.15) is 0 Å². The highest BCUT2D eigenvalue weighted by Crippen LogP contribution is 2.47. The van der Waals surface area contributed by atoms with Gasteiger partial charge in [0.15, 0.2) is 11.6 Å². The highest BCUT2D eigenvalue weighted by Gasteiger charge is 2.41. The molecule has 1 aromatic carbocycles. The van der Waals surface area contributed by atoms with Gasteiger partial charge in [-0.25, -0.2) is 14.4 Å². The van der Waals surface area contributed by atoms with E-state index >= 15 is 0 Å². The highest BCUT2D eigenvalue weighted by molar-refractivity contribution is 5.97. The van der Waals surface area contributed by atoms with Crippen molar-refractivity contribution < 1.29 is 19.0 Å². The number of ether oxygens (including phenoxy) is 1. The van der Waals surface area contributed by atoms with Gasteiger partial charge in [0.2, 0.25) is 0 Å². The first-order chi connectivity index (χ1) is 15.4. The van der Waals surface area contributed by atoms with Gasteiger partial charge in [0.05, 0.1) is 18.4 Å². The quantitative estimate of drug-likeness (QED) is 0.698. The Hall–Kier alpha value is -2.74. The molecule has 1 spiro atoms. The van der Waals surface area contributed by atoms with Gasteiger partial charge in [0, 0.05) is 25.7 Å². The summed E-state index contributed by atoms with van der Waals surface area (Å²) in [5.74, 6) is 0.462. The fourth-order valence-electron chi connectivity index (χ4n) is 5.00. The largest absolute Gasteiger partial charge is 0.451 e. The SMILES string of the molecule is CC(C)N(CCO)C(=O)c1cc(F)ccc1Oc1cncnc1N1CCC2(CCCC2)C1. The van der Waals surface area contributed by atoms with Gasteiger partial charge in [-0.1, -0.05) is 12.8 Å². The first-order valence-corrected chi connectivity index (χ1v) is 11.4. The molecule has 7 nitrogen and oxygen atoms in total. The molecule has 8 heteroatoms. The number of rotatable bonds is 7. The Balaban J connectivity index is 1.62. The van der Waals surface area contributed by atoms with Crippen LogP contribution in [0.25, 0.3) is 0 Å². The third-order valence-electron chi connectivity index (χ3n) is 6.68. The Labute approximate surface area is 188 Å². The van der Waals surface area contributed by atoms with Gasteiger partial charge >= 0.3 is 0 Å². The van der Waals surface area contributed by atoms with Crippen molar-refractivity contribution in [3.63, 3.8) is 0 Å². The van der Waals surface area contributed by atoms with Gasteiger partial charge in [-0.05, 0) is 56.7 Å². The van der Waals surface area contributed by atoms with Crippen molar-refractivity contribution in [2.24, 2.45) is 5.41 Å². The number of aromatic nitrogens is 2. The van der Waals surface area contributed by atoms with Crippen LogP contribution in [-0.2, 0) is 0 Å². The molecule has 2 aromatic rings. The van der Waals surface area contributed by atoms with E-state index in [9.17, 15) is 14.3 Å². The van der Waals surface area contributed by atoms with Crippen molar-refractivity contribution in [2.45, 2.75) is 52.0 Å². The standard InChI is InChI=1S/C24H31FN4O3/c1-17(2)29(11-12-30)23(31)19-13-18(25)5-6-20(19)32-21-14-26-16-27-22(21)28-10-9-24(15-28)7-3-4-8-24/h5-6,13-14,16-17,30H,3-4,7-12,15H2,1-2H3. The first kappa shape index (κ1) is 22.5. The fraction of sp³-hybridized carbons (Fsp3) is 0.542. The van der Waals surface area contributed by atoms with Crippen LogP contribution in [0.5, 0.6) is 11.5 Å². The number of hydrogen-bond donors (Lipinski definition) is 1. The molecule has 0 bridgehead atoms. The number of aliphatic hydroxyl groups is 1. The van der Waals surface area contributed by atoms with Crippen LogP contribution in [-0.4, -0.2) is 58.2 Å². The molecule has 2 fully saturated rings. The lowest BCUT2D eigenvalue weighted by atomic mass is 9.86. The molecule has 172 valence electrons. The number of anilines is 1. The topological polar surface area (TPSA) is 78.8 Å². The summed E-state index contributed by atoms with van der Waals surface area (Å²) in [4.78, 5) is 25.5. The van der Waals surface area contributed by atoms with E-state index in [4.69, 9.17) is 4.74 Å². The molecule has 2 aliphatic rings. The molecule has 4 rings (SSSR count). The third kappa shape index (κ3) is 4.55. The molecule has 0 unspecified atom stereocenters. The zero-order chi connectivity index (χ0) is 22.7. The summed E-state index contributed by atoms with van der Waals surface area (Å²) in [6.45, 7) is 5.52. The molecule has 1 saturated carbocycles. The van der Waals surface area contributed by atoms with Crippen LogP contribution in [0.15, 0.2) is 30.7 Å². The fourth-order valence-corrected chi connectivity index (χ4v) is 5.00. The third-order valence-corrected chi connectivity index (χ3v) is 6.68. The van der Waals surface area contributed by atoms with Gasteiger partial charge in [-0.3, -0.25) is 4.79 Å². The number of aliphatic hydroxyl groups excluding tert-OH is 1. The Morgan fingerprint density at radius 1 is 1.28 bits per heavy atom. The summed E-state index contributed by atoms with van der Waals surface area (Å²) in [6.07, 6.45) is 9.29. The summed E-state index contributed by atoms with van der Waals surface area (Å²) >= 11 is 0. The van der Waals surface area contributed by atoms with Gasteiger partial charge in [0.1, 0.15) is 17.9 Å². The maximum Gasteiger partial charge on any atom is 0.258 e. The lowest BCUT2D eigenvalue weighted by molar-refractivity contribution is 0.0662. The van der Waals surface area contributed by atoms with E-state index in [1.165, 1.54) is 55.1 Å². The van der Waals surface area contributed by atoms with E-state index in [1.54, 1.807) is 6.20 Å². The van der Waals surface area contributed by atoms with E-state index in [0.717, 1.165) is 19.5 Å². The molecule has 1 N–H and O–H groups in total. The second-order valence-electron chi connectivity index (χ2n) is 9.15. The Bertz CT molecular complexity index is 962. The van der Waals surface area contributed by atoms with Crippen LogP contribution in [0, 0.1) is 11.2 Å². The number of nitrogens with zero attached hydrogens (tertiary/aromatic N) is 4.